The summed E-state index contributed by atoms with van der Waals surface area (Å²) < 4.78 is 23.2. The van der Waals surface area contributed by atoms with Crippen LogP contribution in [-0.4, -0.2) is 35.9 Å². The lowest BCUT2D eigenvalue weighted by molar-refractivity contribution is 0.602. The van der Waals surface area contributed by atoms with Crippen molar-refractivity contribution < 1.29 is 8.42 Å². The number of nitrogens with zero attached hydrogens (tertiary/aromatic N) is 2. The molecule has 1 aromatic heterocycles. The van der Waals surface area contributed by atoms with Gasteiger partial charge in [-0.1, -0.05) is 12.1 Å². The van der Waals surface area contributed by atoms with Crippen molar-refractivity contribution in [1.29, 1.82) is 0 Å². The van der Waals surface area contributed by atoms with E-state index in [0.29, 0.717) is 18.2 Å². The highest BCUT2D eigenvalue weighted by atomic mass is 32.2. The Morgan fingerprint density at radius 2 is 1.96 bits per heavy atom. The molecular weight excluding hydrogens is 324 g/mol. The first-order valence-electron chi connectivity index (χ1n) is 7.98. The van der Waals surface area contributed by atoms with E-state index >= 15 is 0 Å². The van der Waals surface area contributed by atoms with Crippen LogP contribution >= 0.6 is 0 Å². The van der Waals surface area contributed by atoms with Gasteiger partial charge in [0.05, 0.1) is 11.5 Å². The van der Waals surface area contributed by atoms with Crippen molar-refractivity contribution in [3.63, 3.8) is 0 Å². The monoisotopic (exact) mass is 346 g/mol. The Kier molecular flexibility index (Phi) is 4.45. The molecule has 1 aromatic carbocycles. The van der Waals surface area contributed by atoms with Gasteiger partial charge in [0, 0.05) is 23.5 Å². The largest absolute Gasteiger partial charge is 0.366 e. The van der Waals surface area contributed by atoms with Gasteiger partial charge in [0.1, 0.15) is 5.82 Å². The van der Waals surface area contributed by atoms with Gasteiger partial charge in [-0.2, -0.15) is 4.98 Å². The minimum absolute atomic E-state index is 0.0853. The number of anilines is 3. The maximum Gasteiger partial charge on any atom is 0.229 e. The van der Waals surface area contributed by atoms with E-state index in [0.717, 1.165) is 16.9 Å². The third-order valence-electron chi connectivity index (χ3n) is 4.29. The Bertz CT molecular complexity index is 865. The average molecular weight is 346 g/mol. The first kappa shape index (κ1) is 16.7. The van der Waals surface area contributed by atoms with Crippen molar-refractivity contribution in [2.45, 2.75) is 33.2 Å². The van der Waals surface area contributed by atoms with Crippen LogP contribution < -0.4 is 10.6 Å². The van der Waals surface area contributed by atoms with E-state index in [-0.39, 0.29) is 17.5 Å². The molecule has 6 nitrogen and oxygen atoms in total. The molecule has 1 aliphatic rings. The third-order valence-corrected chi connectivity index (χ3v) is 6.06. The Morgan fingerprint density at radius 1 is 1.17 bits per heavy atom. The lowest BCUT2D eigenvalue weighted by Gasteiger charge is -2.14. The van der Waals surface area contributed by atoms with Crippen LogP contribution in [0.5, 0.6) is 0 Å². The molecule has 1 unspecified atom stereocenters. The zero-order valence-corrected chi connectivity index (χ0v) is 14.9. The molecule has 1 fully saturated rings. The van der Waals surface area contributed by atoms with Gasteiger partial charge in [-0.15, -0.1) is 0 Å². The van der Waals surface area contributed by atoms with Gasteiger partial charge in [-0.25, -0.2) is 13.4 Å². The second-order valence-electron chi connectivity index (χ2n) is 6.33. The molecule has 0 amide bonds. The van der Waals surface area contributed by atoms with E-state index in [2.05, 4.69) is 40.5 Å². The van der Waals surface area contributed by atoms with Crippen LogP contribution in [0.25, 0.3) is 0 Å². The third kappa shape index (κ3) is 3.84. The Hall–Kier alpha value is -2.15. The molecular formula is C17H22N4O2S. The second kappa shape index (κ2) is 6.39. The SMILES string of the molecule is Cc1cc(NC2CCS(=O)(=O)C2)nc(Nc2cccc(C)c2C)n1. The molecule has 1 atom stereocenters. The molecule has 128 valence electrons. The standard InChI is InChI=1S/C17H22N4O2S/c1-11-5-4-6-15(13(11)3)20-17-18-12(2)9-16(21-17)19-14-7-8-24(22,23)10-14/h4-6,9,14H,7-8,10H2,1-3H3,(H2,18,19,20,21). The van der Waals surface area contributed by atoms with E-state index in [1.54, 1.807) is 0 Å². The molecule has 0 spiro atoms. The summed E-state index contributed by atoms with van der Waals surface area (Å²) in [5.41, 5.74) is 4.14. The molecule has 24 heavy (non-hydrogen) atoms. The number of hydrogen-bond acceptors (Lipinski definition) is 6. The van der Waals surface area contributed by atoms with Gasteiger partial charge in [0.2, 0.25) is 5.95 Å². The Morgan fingerprint density at radius 3 is 2.67 bits per heavy atom. The molecule has 1 saturated heterocycles. The van der Waals surface area contributed by atoms with Crippen LogP contribution in [0.15, 0.2) is 24.3 Å². The summed E-state index contributed by atoms with van der Waals surface area (Å²) in [5.74, 6) is 1.56. The topological polar surface area (TPSA) is 84.0 Å². The van der Waals surface area contributed by atoms with Gasteiger partial charge in [-0.3, -0.25) is 0 Å². The molecule has 3 rings (SSSR count). The fourth-order valence-corrected chi connectivity index (χ4v) is 4.50. The van der Waals surface area contributed by atoms with E-state index in [1.165, 1.54) is 5.56 Å². The van der Waals surface area contributed by atoms with Crippen LogP contribution in [0.2, 0.25) is 0 Å². The van der Waals surface area contributed by atoms with Crippen molar-refractivity contribution in [3.8, 4) is 0 Å². The maximum absolute atomic E-state index is 11.6. The lowest BCUT2D eigenvalue weighted by Crippen LogP contribution is -2.21. The van der Waals surface area contributed by atoms with Crippen LogP contribution in [0.1, 0.15) is 23.2 Å². The lowest BCUT2D eigenvalue weighted by atomic mass is 10.1. The van der Waals surface area contributed by atoms with E-state index in [4.69, 9.17) is 0 Å². The molecule has 2 heterocycles. The zero-order chi connectivity index (χ0) is 17.3. The van der Waals surface area contributed by atoms with Gasteiger partial charge in [0.25, 0.3) is 0 Å². The Balaban J connectivity index is 1.80. The summed E-state index contributed by atoms with van der Waals surface area (Å²) in [6.07, 6.45) is 0.616. The second-order valence-corrected chi connectivity index (χ2v) is 8.56. The van der Waals surface area contributed by atoms with Crippen LogP contribution in [0.4, 0.5) is 17.5 Å². The van der Waals surface area contributed by atoms with E-state index in [1.807, 2.05) is 25.1 Å². The number of benzene rings is 1. The van der Waals surface area contributed by atoms with Gasteiger partial charge < -0.3 is 10.6 Å². The van der Waals surface area contributed by atoms with E-state index in [9.17, 15) is 8.42 Å². The molecule has 0 saturated carbocycles. The van der Waals surface area contributed by atoms with Crippen molar-refractivity contribution in [3.05, 3.63) is 41.1 Å². The highest BCUT2D eigenvalue weighted by Gasteiger charge is 2.28. The molecule has 2 N–H and O–H groups in total. The molecule has 1 aliphatic heterocycles. The summed E-state index contributed by atoms with van der Waals surface area (Å²) in [6.45, 7) is 6.01. The van der Waals surface area contributed by atoms with Crippen molar-refractivity contribution in [2.75, 3.05) is 22.1 Å². The first-order valence-corrected chi connectivity index (χ1v) is 9.80. The molecule has 0 radical (unpaired) electrons. The minimum atomic E-state index is -2.92. The van der Waals surface area contributed by atoms with Crippen LogP contribution in [0.3, 0.4) is 0 Å². The zero-order valence-electron chi connectivity index (χ0n) is 14.1. The number of aryl methyl sites for hydroxylation is 2. The van der Waals surface area contributed by atoms with E-state index < -0.39 is 9.84 Å². The van der Waals surface area contributed by atoms with Gasteiger partial charge >= 0.3 is 0 Å². The fraction of sp³-hybridized carbons (Fsp3) is 0.412. The number of sulfone groups is 1. The molecule has 0 bridgehead atoms. The average Bonchev–Trinajstić information content (AvgIpc) is 2.82. The summed E-state index contributed by atoms with van der Waals surface area (Å²) in [7, 11) is -2.92. The summed E-state index contributed by atoms with van der Waals surface area (Å²) in [4.78, 5) is 8.91. The summed E-state index contributed by atoms with van der Waals surface area (Å²) >= 11 is 0. The fourth-order valence-electron chi connectivity index (χ4n) is 2.82. The smallest absolute Gasteiger partial charge is 0.229 e. The number of hydrogen-bond donors (Lipinski definition) is 2. The quantitative estimate of drug-likeness (QED) is 0.885. The normalized spacial score (nSPS) is 19.2. The number of nitrogens with one attached hydrogen (secondary N) is 2. The van der Waals surface area contributed by atoms with Crippen LogP contribution in [-0.2, 0) is 9.84 Å². The van der Waals surface area contributed by atoms with Crippen molar-refractivity contribution in [2.24, 2.45) is 0 Å². The summed E-state index contributed by atoms with van der Waals surface area (Å²) in [5, 5.41) is 6.47. The van der Waals surface area contributed by atoms with Crippen molar-refractivity contribution >= 4 is 27.3 Å². The van der Waals surface area contributed by atoms with Crippen molar-refractivity contribution in [1.82, 2.24) is 9.97 Å². The highest BCUT2D eigenvalue weighted by molar-refractivity contribution is 7.91. The molecule has 0 aliphatic carbocycles. The Labute approximate surface area is 142 Å². The van der Waals surface area contributed by atoms with Gasteiger partial charge in [0.15, 0.2) is 9.84 Å². The molecule has 7 heteroatoms. The predicted octanol–water partition coefficient (Wildman–Crippen LogP) is 2.74. The van der Waals surface area contributed by atoms with Gasteiger partial charge in [-0.05, 0) is 44.4 Å². The highest BCUT2D eigenvalue weighted by Crippen LogP contribution is 2.23. The number of rotatable bonds is 4. The maximum atomic E-state index is 11.6. The summed E-state index contributed by atoms with van der Waals surface area (Å²) in [6, 6.07) is 7.79. The predicted molar refractivity (Wildman–Crippen MR) is 96.6 cm³/mol. The molecule has 2 aromatic rings. The minimum Gasteiger partial charge on any atom is -0.366 e. The van der Waals surface area contributed by atoms with Crippen LogP contribution in [0, 0.1) is 20.8 Å². The first-order chi connectivity index (χ1) is 11.3. The number of aromatic nitrogens is 2.